The third-order valence-electron chi connectivity index (χ3n) is 5.51. The van der Waals surface area contributed by atoms with E-state index in [4.69, 9.17) is 9.47 Å². The van der Waals surface area contributed by atoms with Gasteiger partial charge in [-0.25, -0.2) is 4.79 Å². The van der Waals surface area contributed by atoms with Crippen LogP contribution in [0.4, 0.5) is 16.2 Å². The van der Waals surface area contributed by atoms with Gasteiger partial charge in [-0.1, -0.05) is 12.5 Å². The molecule has 32 heavy (non-hydrogen) atoms. The smallest absolute Gasteiger partial charge is 0.326 e. The van der Waals surface area contributed by atoms with E-state index in [9.17, 15) is 4.79 Å². The number of anilines is 2. The fourth-order valence-corrected chi connectivity index (χ4v) is 3.86. The molecule has 8 nitrogen and oxygen atoms in total. The van der Waals surface area contributed by atoms with Gasteiger partial charge in [0, 0.05) is 30.4 Å². The monoisotopic (exact) mass is 435 g/mol. The van der Waals surface area contributed by atoms with E-state index in [1.165, 1.54) is 6.42 Å². The van der Waals surface area contributed by atoms with Crippen LogP contribution in [-0.4, -0.2) is 34.5 Å². The Bertz CT molecular complexity index is 1050. The summed E-state index contributed by atoms with van der Waals surface area (Å²) in [5, 5.41) is 11.8. The third kappa shape index (κ3) is 5.01. The maximum atomic E-state index is 13.4. The van der Waals surface area contributed by atoms with Gasteiger partial charge >= 0.3 is 6.03 Å². The predicted octanol–water partition coefficient (Wildman–Crippen LogP) is 4.65. The minimum absolute atomic E-state index is 0.256. The molecule has 0 bridgehead atoms. The van der Waals surface area contributed by atoms with Gasteiger partial charge < -0.3 is 19.4 Å². The molecule has 8 heteroatoms. The molecule has 0 spiro atoms. The first-order valence-electron chi connectivity index (χ1n) is 11.0. The van der Waals surface area contributed by atoms with E-state index >= 15 is 0 Å². The molecule has 4 rings (SSSR count). The summed E-state index contributed by atoms with van der Waals surface area (Å²) in [6.07, 6.45) is 4.32. The second kappa shape index (κ2) is 10.2. The van der Waals surface area contributed by atoms with Crippen LogP contribution >= 0.6 is 0 Å². The number of fused-ring (bicyclic) bond motifs is 1. The normalized spacial score (nSPS) is 13.1. The highest BCUT2D eigenvalue weighted by atomic mass is 16.5. The number of rotatable bonds is 7. The van der Waals surface area contributed by atoms with Crippen molar-refractivity contribution >= 4 is 17.4 Å². The van der Waals surface area contributed by atoms with Crippen LogP contribution in [0.3, 0.4) is 0 Å². The molecule has 2 aromatic carbocycles. The average Bonchev–Trinajstić information content (AvgIpc) is 3.03. The summed E-state index contributed by atoms with van der Waals surface area (Å²) in [7, 11) is 1.60. The fraction of sp³-hybridized carbons (Fsp3) is 0.375. The zero-order chi connectivity index (χ0) is 22.3. The Hall–Kier alpha value is -3.55. The molecule has 1 aliphatic rings. The van der Waals surface area contributed by atoms with Crippen LogP contribution in [0.1, 0.15) is 37.8 Å². The molecule has 3 aromatic rings. The summed E-state index contributed by atoms with van der Waals surface area (Å²) in [5.74, 6) is 3.23. The summed E-state index contributed by atoms with van der Waals surface area (Å²) < 4.78 is 13.0. The lowest BCUT2D eigenvalue weighted by Crippen LogP contribution is -2.35. The first kappa shape index (κ1) is 21.7. The molecule has 1 aromatic heterocycles. The number of benzene rings is 2. The van der Waals surface area contributed by atoms with Crippen LogP contribution < -0.4 is 19.7 Å². The van der Waals surface area contributed by atoms with Gasteiger partial charge in [0.05, 0.1) is 20.3 Å². The molecular formula is C24H29N5O3. The zero-order valence-electron chi connectivity index (χ0n) is 18.6. The van der Waals surface area contributed by atoms with E-state index in [0.29, 0.717) is 24.6 Å². The van der Waals surface area contributed by atoms with Crippen LogP contribution in [0.5, 0.6) is 11.5 Å². The first-order valence-corrected chi connectivity index (χ1v) is 11.0. The standard InChI is InChI=1S/C24H29N5O3/c1-3-32-20-13-11-19(12-14-20)29(24(30)25-18-8-7-9-21(16-18)31-2)17-23-27-26-22-10-5-4-6-15-28(22)23/h7-9,11-14,16H,3-6,10,15,17H2,1-2H3,(H,25,30). The van der Waals surface area contributed by atoms with Crippen molar-refractivity contribution in [2.24, 2.45) is 0 Å². The fourth-order valence-electron chi connectivity index (χ4n) is 3.86. The third-order valence-corrected chi connectivity index (χ3v) is 5.51. The van der Waals surface area contributed by atoms with Gasteiger partial charge in [0.15, 0.2) is 5.82 Å². The molecule has 2 amide bonds. The largest absolute Gasteiger partial charge is 0.497 e. The summed E-state index contributed by atoms with van der Waals surface area (Å²) in [4.78, 5) is 15.0. The topological polar surface area (TPSA) is 81.5 Å². The van der Waals surface area contributed by atoms with Gasteiger partial charge in [-0.05, 0) is 56.2 Å². The highest BCUT2D eigenvalue weighted by Gasteiger charge is 2.22. The number of methoxy groups -OCH3 is 1. The number of aromatic nitrogens is 3. The van der Waals surface area contributed by atoms with Crippen LogP contribution in [-0.2, 0) is 19.5 Å². The number of nitrogens with one attached hydrogen (secondary N) is 1. The van der Waals surface area contributed by atoms with E-state index in [1.54, 1.807) is 18.1 Å². The second-order valence-electron chi connectivity index (χ2n) is 7.67. The number of amides is 2. The van der Waals surface area contributed by atoms with Crippen molar-refractivity contribution in [3.63, 3.8) is 0 Å². The lowest BCUT2D eigenvalue weighted by atomic mass is 10.2. The first-order chi connectivity index (χ1) is 15.7. The van der Waals surface area contributed by atoms with E-state index in [1.807, 2.05) is 49.4 Å². The lowest BCUT2D eigenvalue weighted by Gasteiger charge is -2.23. The molecule has 0 fully saturated rings. The number of ether oxygens (including phenoxy) is 2. The van der Waals surface area contributed by atoms with Gasteiger partial charge in [0.25, 0.3) is 0 Å². The minimum Gasteiger partial charge on any atom is -0.497 e. The maximum Gasteiger partial charge on any atom is 0.326 e. The SMILES string of the molecule is CCOc1ccc(N(Cc2nnc3n2CCCCC3)C(=O)Nc2cccc(OC)c2)cc1. The number of nitrogens with zero attached hydrogens (tertiary/aromatic N) is 4. The molecule has 168 valence electrons. The van der Waals surface area contributed by atoms with Gasteiger partial charge in [-0.2, -0.15) is 0 Å². The number of urea groups is 1. The summed E-state index contributed by atoms with van der Waals surface area (Å²) in [6.45, 7) is 3.73. The summed E-state index contributed by atoms with van der Waals surface area (Å²) in [5.41, 5.74) is 1.41. The van der Waals surface area contributed by atoms with E-state index in [0.717, 1.165) is 48.9 Å². The number of hydrogen-bond acceptors (Lipinski definition) is 5. The van der Waals surface area contributed by atoms with Crippen molar-refractivity contribution in [1.82, 2.24) is 14.8 Å². The van der Waals surface area contributed by atoms with Gasteiger partial charge in [-0.3, -0.25) is 4.90 Å². The van der Waals surface area contributed by atoms with E-state index in [-0.39, 0.29) is 6.03 Å². The Balaban J connectivity index is 1.62. The second-order valence-corrected chi connectivity index (χ2v) is 7.67. The van der Waals surface area contributed by atoms with Crippen molar-refractivity contribution in [1.29, 1.82) is 0 Å². The number of hydrogen-bond donors (Lipinski definition) is 1. The molecule has 0 saturated heterocycles. The van der Waals surface area contributed by atoms with Gasteiger partial charge in [0.1, 0.15) is 17.3 Å². The van der Waals surface area contributed by atoms with Crippen LogP contribution in [0.15, 0.2) is 48.5 Å². The Morgan fingerprint density at radius 1 is 1.09 bits per heavy atom. The Labute approximate surface area is 188 Å². The maximum absolute atomic E-state index is 13.4. The molecule has 0 unspecified atom stereocenters. The molecule has 1 aliphatic heterocycles. The van der Waals surface area contributed by atoms with Crippen LogP contribution in [0.25, 0.3) is 0 Å². The quantitative estimate of drug-likeness (QED) is 0.584. The van der Waals surface area contributed by atoms with Crippen molar-refractivity contribution in [2.75, 3.05) is 23.9 Å². The number of carbonyl (C=O) groups is 1. The van der Waals surface area contributed by atoms with Crippen molar-refractivity contribution < 1.29 is 14.3 Å². The molecule has 1 N–H and O–H groups in total. The van der Waals surface area contributed by atoms with Gasteiger partial charge in [-0.15, -0.1) is 10.2 Å². The van der Waals surface area contributed by atoms with Crippen LogP contribution in [0.2, 0.25) is 0 Å². The molecular weight excluding hydrogens is 406 g/mol. The van der Waals surface area contributed by atoms with Crippen molar-refractivity contribution in [3.05, 3.63) is 60.2 Å². The molecule has 0 aliphatic carbocycles. The Morgan fingerprint density at radius 2 is 1.94 bits per heavy atom. The van der Waals surface area contributed by atoms with E-state index < -0.39 is 0 Å². The lowest BCUT2D eigenvalue weighted by molar-refractivity contribution is 0.256. The Kier molecular flexibility index (Phi) is 6.89. The number of aryl methyl sites for hydroxylation is 1. The molecule has 0 radical (unpaired) electrons. The predicted molar refractivity (Wildman–Crippen MR) is 123 cm³/mol. The zero-order valence-corrected chi connectivity index (χ0v) is 18.6. The molecule has 2 heterocycles. The van der Waals surface area contributed by atoms with E-state index in [2.05, 4.69) is 20.1 Å². The molecule has 0 atom stereocenters. The van der Waals surface area contributed by atoms with Crippen molar-refractivity contribution in [3.8, 4) is 11.5 Å². The highest BCUT2D eigenvalue weighted by Crippen LogP contribution is 2.24. The highest BCUT2D eigenvalue weighted by molar-refractivity contribution is 6.01. The summed E-state index contributed by atoms with van der Waals surface area (Å²) >= 11 is 0. The van der Waals surface area contributed by atoms with Gasteiger partial charge in [0.2, 0.25) is 0 Å². The molecule has 0 saturated carbocycles. The summed E-state index contributed by atoms with van der Waals surface area (Å²) in [6, 6.07) is 14.6. The minimum atomic E-state index is -0.256. The number of carbonyl (C=O) groups excluding carboxylic acids is 1. The van der Waals surface area contributed by atoms with Crippen LogP contribution in [0, 0.1) is 0 Å². The Morgan fingerprint density at radius 3 is 2.72 bits per heavy atom. The average molecular weight is 436 g/mol. The van der Waals surface area contributed by atoms with Crippen molar-refractivity contribution in [2.45, 2.75) is 45.7 Å².